The van der Waals surface area contributed by atoms with E-state index in [0.29, 0.717) is 29.3 Å². The van der Waals surface area contributed by atoms with Crippen LogP contribution in [0.15, 0.2) is 42.5 Å². The Balaban J connectivity index is 1.68. The summed E-state index contributed by atoms with van der Waals surface area (Å²) in [6, 6.07) is 11.2. The van der Waals surface area contributed by atoms with Crippen molar-refractivity contribution >= 4 is 23.5 Å². The number of methoxy groups -OCH3 is 3. The summed E-state index contributed by atoms with van der Waals surface area (Å²) in [5.74, 6) is 0.219. The Kier molecular flexibility index (Phi) is 6.13. The normalized spacial score (nSPS) is 16.1. The number of nitrogens with two attached hydrogens (primary N) is 1. The molecule has 1 saturated heterocycles. The summed E-state index contributed by atoms with van der Waals surface area (Å²) in [6.07, 6.45) is 0.116. The number of benzene rings is 2. The third-order valence-electron chi connectivity index (χ3n) is 4.81. The first kappa shape index (κ1) is 20.3. The molecule has 0 aromatic heterocycles. The van der Waals surface area contributed by atoms with E-state index in [1.807, 2.05) is 17.4 Å². The molecule has 2 aromatic carbocycles. The summed E-state index contributed by atoms with van der Waals surface area (Å²) >= 11 is 0. The standard InChI is InChI=1S/C21H22N2O6/c1-27-17-9-4-13(10-18(17)28-2)12-22-16-11-19(24)23(20(16)25)15-7-5-14(6-8-15)21(26)29-3/h4-10,16,22H,11-12H2,1-3H3/p+1/t16-/m0/s1. The second-order valence-electron chi connectivity index (χ2n) is 6.55. The highest BCUT2D eigenvalue weighted by molar-refractivity contribution is 6.21. The second kappa shape index (κ2) is 8.74. The van der Waals surface area contributed by atoms with Crippen molar-refractivity contribution in [3.63, 3.8) is 0 Å². The van der Waals surface area contributed by atoms with Crippen molar-refractivity contribution in [2.24, 2.45) is 0 Å². The SMILES string of the molecule is COC(=O)c1ccc(N2C(=O)C[C@H]([NH2+]Cc3ccc(OC)c(OC)c3)C2=O)cc1. The molecule has 0 spiro atoms. The second-order valence-corrected chi connectivity index (χ2v) is 6.55. The molecule has 0 radical (unpaired) electrons. The van der Waals surface area contributed by atoms with Gasteiger partial charge in [-0.2, -0.15) is 0 Å². The van der Waals surface area contributed by atoms with Crippen LogP contribution in [0.25, 0.3) is 0 Å². The van der Waals surface area contributed by atoms with E-state index in [1.54, 1.807) is 32.4 Å². The van der Waals surface area contributed by atoms with Crippen LogP contribution in [0.2, 0.25) is 0 Å². The molecule has 0 unspecified atom stereocenters. The van der Waals surface area contributed by atoms with Gasteiger partial charge in [0.2, 0.25) is 5.91 Å². The number of rotatable bonds is 7. The van der Waals surface area contributed by atoms with E-state index in [4.69, 9.17) is 9.47 Å². The van der Waals surface area contributed by atoms with Crippen LogP contribution in [0.5, 0.6) is 11.5 Å². The summed E-state index contributed by atoms with van der Waals surface area (Å²) in [5, 5.41) is 1.84. The summed E-state index contributed by atoms with van der Waals surface area (Å²) in [5.41, 5.74) is 1.74. The fourth-order valence-corrected chi connectivity index (χ4v) is 3.26. The lowest BCUT2D eigenvalue weighted by molar-refractivity contribution is -0.690. The van der Waals surface area contributed by atoms with Crippen molar-refractivity contribution in [1.29, 1.82) is 0 Å². The highest BCUT2D eigenvalue weighted by atomic mass is 16.5. The van der Waals surface area contributed by atoms with Crippen molar-refractivity contribution in [2.75, 3.05) is 26.2 Å². The number of amides is 2. The molecule has 8 nitrogen and oxygen atoms in total. The monoisotopic (exact) mass is 399 g/mol. The third-order valence-corrected chi connectivity index (χ3v) is 4.81. The topological polar surface area (TPSA) is 98.8 Å². The third kappa shape index (κ3) is 4.22. The molecule has 1 heterocycles. The summed E-state index contributed by atoms with van der Waals surface area (Å²) in [7, 11) is 4.43. The molecule has 8 heteroatoms. The Morgan fingerprint density at radius 2 is 1.72 bits per heavy atom. The van der Waals surface area contributed by atoms with E-state index < -0.39 is 12.0 Å². The Bertz CT molecular complexity index is 925. The Labute approximate surface area is 168 Å². The molecule has 29 heavy (non-hydrogen) atoms. The van der Waals surface area contributed by atoms with E-state index in [-0.39, 0.29) is 18.2 Å². The zero-order valence-electron chi connectivity index (χ0n) is 16.5. The van der Waals surface area contributed by atoms with E-state index in [0.717, 1.165) is 10.5 Å². The number of quaternary nitrogens is 1. The van der Waals surface area contributed by atoms with Gasteiger partial charge in [-0.3, -0.25) is 9.59 Å². The molecular weight excluding hydrogens is 376 g/mol. The van der Waals surface area contributed by atoms with E-state index in [2.05, 4.69) is 4.74 Å². The largest absolute Gasteiger partial charge is 0.493 e. The van der Waals surface area contributed by atoms with Crippen LogP contribution in [0.3, 0.4) is 0 Å². The van der Waals surface area contributed by atoms with Crippen LogP contribution in [-0.4, -0.2) is 45.2 Å². The lowest BCUT2D eigenvalue weighted by atomic mass is 10.1. The van der Waals surface area contributed by atoms with Crippen molar-refractivity contribution in [1.82, 2.24) is 0 Å². The zero-order valence-corrected chi connectivity index (χ0v) is 16.5. The first-order chi connectivity index (χ1) is 14.0. The molecule has 3 rings (SSSR count). The molecule has 0 aliphatic carbocycles. The van der Waals surface area contributed by atoms with Gasteiger partial charge in [-0.1, -0.05) is 0 Å². The van der Waals surface area contributed by atoms with Gasteiger partial charge in [-0.15, -0.1) is 0 Å². The first-order valence-electron chi connectivity index (χ1n) is 9.08. The number of esters is 1. The maximum Gasteiger partial charge on any atom is 0.337 e. The van der Waals surface area contributed by atoms with Crippen LogP contribution in [-0.2, 0) is 20.9 Å². The molecule has 1 fully saturated rings. The number of hydrogen-bond acceptors (Lipinski definition) is 6. The number of imide groups is 1. The molecule has 2 aromatic rings. The van der Waals surface area contributed by atoms with Gasteiger partial charge in [0.25, 0.3) is 5.91 Å². The lowest BCUT2D eigenvalue weighted by Crippen LogP contribution is -2.90. The van der Waals surface area contributed by atoms with Crippen molar-refractivity contribution < 1.29 is 33.9 Å². The van der Waals surface area contributed by atoms with Crippen LogP contribution in [0, 0.1) is 0 Å². The number of hydrogen-bond donors (Lipinski definition) is 1. The molecule has 1 aliphatic rings. The molecule has 0 bridgehead atoms. The average Bonchev–Trinajstić information content (AvgIpc) is 3.04. The molecule has 0 saturated carbocycles. The number of anilines is 1. The highest BCUT2D eigenvalue weighted by Crippen LogP contribution is 2.27. The molecule has 2 N–H and O–H groups in total. The van der Waals surface area contributed by atoms with E-state index in [9.17, 15) is 14.4 Å². The Morgan fingerprint density at radius 3 is 2.34 bits per heavy atom. The average molecular weight is 399 g/mol. The number of carbonyl (C=O) groups is 3. The molecule has 1 atom stereocenters. The van der Waals surface area contributed by atoms with Crippen LogP contribution in [0.1, 0.15) is 22.3 Å². The molecule has 2 amide bonds. The van der Waals surface area contributed by atoms with Crippen LogP contribution < -0.4 is 19.7 Å². The summed E-state index contributed by atoms with van der Waals surface area (Å²) < 4.78 is 15.2. The van der Waals surface area contributed by atoms with Crippen molar-refractivity contribution in [3.8, 4) is 11.5 Å². The van der Waals surface area contributed by atoms with Gasteiger partial charge in [0.15, 0.2) is 17.5 Å². The van der Waals surface area contributed by atoms with Crippen LogP contribution in [0.4, 0.5) is 5.69 Å². The Hall–Kier alpha value is -3.39. The molecular formula is C21H23N2O6+. The maximum atomic E-state index is 12.8. The maximum absolute atomic E-state index is 12.8. The van der Waals surface area contributed by atoms with Crippen molar-refractivity contribution in [2.45, 2.75) is 19.0 Å². The zero-order chi connectivity index (χ0) is 21.0. The smallest absolute Gasteiger partial charge is 0.337 e. The Morgan fingerprint density at radius 1 is 1.03 bits per heavy atom. The van der Waals surface area contributed by atoms with E-state index >= 15 is 0 Å². The van der Waals surface area contributed by atoms with Gasteiger partial charge in [-0.25, -0.2) is 9.69 Å². The predicted octanol–water partition coefficient (Wildman–Crippen LogP) is 0.886. The van der Waals surface area contributed by atoms with Gasteiger partial charge < -0.3 is 19.5 Å². The minimum atomic E-state index is -0.504. The molecule has 152 valence electrons. The minimum absolute atomic E-state index is 0.116. The predicted molar refractivity (Wildman–Crippen MR) is 104 cm³/mol. The van der Waals surface area contributed by atoms with Crippen LogP contribution >= 0.6 is 0 Å². The first-order valence-corrected chi connectivity index (χ1v) is 9.08. The number of carbonyl (C=O) groups excluding carboxylic acids is 3. The fraction of sp³-hybridized carbons (Fsp3) is 0.286. The van der Waals surface area contributed by atoms with Crippen molar-refractivity contribution in [3.05, 3.63) is 53.6 Å². The summed E-state index contributed by atoms with van der Waals surface area (Å²) in [4.78, 5) is 37.9. The fourth-order valence-electron chi connectivity index (χ4n) is 3.26. The lowest BCUT2D eigenvalue weighted by Gasteiger charge is -2.15. The van der Waals surface area contributed by atoms with Gasteiger partial charge in [-0.05, 0) is 42.5 Å². The quantitative estimate of drug-likeness (QED) is 0.548. The highest BCUT2D eigenvalue weighted by Gasteiger charge is 2.42. The minimum Gasteiger partial charge on any atom is -0.493 e. The van der Waals surface area contributed by atoms with Gasteiger partial charge in [0.05, 0.1) is 39.0 Å². The summed E-state index contributed by atoms with van der Waals surface area (Å²) in [6.45, 7) is 0.513. The number of ether oxygens (including phenoxy) is 3. The molecule has 1 aliphatic heterocycles. The number of nitrogens with zero attached hydrogens (tertiary/aromatic N) is 1. The van der Waals surface area contributed by atoms with Gasteiger partial charge in [0, 0.05) is 5.56 Å². The van der Waals surface area contributed by atoms with Gasteiger partial charge >= 0.3 is 5.97 Å². The van der Waals surface area contributed by atoms with E-state index in [1.165, 1.54) is 19.2 Å². The van der Waals surface area contributed by atoms with Gasteiger partial charge in [0.1, 0.15) is 6.54 Å².